The minimum absolute atomic E-state index is 0.132. The lowest BCUT2D eigenvalue weighted by Crippen LogP contribution is -2.69. The molecule has 140 valence electrons. The number of nitrogens with one attached hydrogen (secondary N) is 2. The predicted molar refractivity (Wildman–Crippen MR) is 86.7 cm³/mol. The fourth-order valence-electron chi connectivity index (χ4n) is 2.05. The first-order chi connectivity index (χ1) is 12.2. The first-order valence-corrected chi connectivity index (χ1v) is 7.71. The van der Waals surface area contributed by atoms with Crippen LogP contribution in [0, 0.1) is 0 Å². The van der Waals surface area contributed by atoms with Gasteiger partial charge in [-0.25, -0.2) is 4.79 Å². The molecule has 0 bridgehead atoms. The summed E-state index contributed by atoms with van der Waals surface area (Å²) in [5.41, 5.74) is -3.69. The predicted octanol–water partition coefficient (Wildman–Crippen LogP) is 3.60. The van der Waals surface area contributed by atoms with E-state index in [1.54, 1.807) is 5.32 Å². The second kappa shape index (κ2) is 7.69. The van der Waals surface area contributed by atoms with Gasteiger partial charge in [-0.3, -0.25) is 4.79 Å². The molecule has 0 saturated carbocycles. The number of esters is 1. The molecule has 0 spiro atoms. The van der Waals surface area contributed by atoms with Gasteiger partial charge in [-0.2, -0.15) is 13.2 Å². The van der Waals surface area contributed by atoms with Crippen LogP contribution in [-0.4, -0.2) is 30.3 Å². The summed E-state index contributed by atoms with van der Waals surface area (Å²) in [7, 11) is 0. The molecule has 2 N–H and O–H groups in total. The number of halogens is 4. The van der Waals surface area contributed by atoms with E-state index >= 15 is 0 Å². The Kier molecular flexibility index (Phi) is 5.81. The van der Waals surface area contributed by atoms with Crippen molar-refractivity contribution in [1.82, 2.24) is 5.32 Å². The summed E-state index contributed by atoms with van der Waals surface area (Å²) in [6.45, 7) is 1.01. The van der Waals surface area contributed by atoms with Gasteiger partial charge in [0, 0.05) is 10.7 Å². The van der Waals surface area contributed by atoms with Crippen LogP contribution in [0.1, 0.15) is 17.5 Å². The molecule has 0 saturated heterocycles. The number of benzene rings is 1. The van der Waals surface area contributed by atoms with Crippen molar-refractivity contribution in [3.8, 4) is 0 Å². The Morgan fingerprint density at radius 1 is 1.23 bits per heavy atom. The molecule has 0 unspecified atom stereocenters. The summed E-state index contributed by atoms with van der Waals surface area (Å²) < 4.78 is 51.0. The molecular weight excluding hydrogens is 377 g/mol. The van der Waals surface area contributed by atoms with Crippen LogP contribution in [0.4, 0.5) is 18.9 Å². The van der Waals surface area contributed by atoms with E-state index in [1.807, 2.05) is 5.32 Å². The Balaban J connectivity index is 2.49. The summed E-state index contributed by atoms with van der Waals surface area (Å²) in [6.07, 6.45) is -4.14. The summed E-state index contributed by atoms with van der Waals surface area (Å²) in [5, 5.41) is 3.76. The number of alkyl halides is 3. The van der Waals surface area contributed by atoms with Gasteiger partial charge >= 0.3 is 17.8 Å². The Morgan fingerprint density at radius 3 is 2.50 bits per heavy atom. The van der Waals surface area contributed by atoms with Gasteiger partial charge in [0.1, 0.15) is 0 Å². The van der Waals surface area contributed by atoms with Crippen LogP contribution in [0.2, 0.25) is 5.02 Å². The first kappa shape index (κ1) is 19.6. The van der Waals surface area contributed by atoms with Gasteiger partial charge in [0.25, 0.3) is 5.91 Å². The standard InChI is InChI=1S/C16H14ClF3N2O4/c1-2-25-14(24)15(16(18,19)20,21-11-6-3-5-10(17)9-11)22-13(23)12-7-4-8-26-12/h3-9,21H,2H2,1H3,(H,22,23)/t15-/m0/s1. The largest absolute Gasteiger partial charge is 0.463 e. The third-order valence-electron chi connectivity index (χ3n) is 3.21. The number of furan rings is 1. The van der Waals surface area contributed by atoms with Crippen LogP contribution in [0.25, 0.3) is 0 Å². The maximum atomic E-state index is 13.9. The topological polar surface area (TPSA) is 80.6 Å². The number of carbonyl (C=O) groups is 2. The van der Waals surface area contributed by atoms with Crippen molar-refractivity contribution in [2.24, 2.45) is 0 Å². The Morgan fingerprint density at radius 2 is 1.96 bits per heavy atom. The zero-order chi connectivity index (χ0) is 19.4. The zero-order valence-electron chi connectivity index (χ0n) is 13.4. The monoisotopic (exact) mass is 390 g/mol. The molecule has 1 atom stereocenters. The summed E-state index contributed by atoms with van der Waals surface area (Å²) >= 11 is 5.78. The Labute approximate surface area is 151 Å². The lowest BCUT2D eigenvalue weighted by atomic mass is 10.1. The molecule has 2 rings (SSSR count). The fourth-order valence-corrected chi connectivity index (χ4v) is 2.24. The summed E-state index contributed by atoms with van der Waals surface area (Å²) in [6, 6.07) is 7.71. The molecule has 26 heavy (non-hydrogen) atoms. The van der Waals surface area contributed by atoms with Gasteiger partial charge < -0.3 is 19.8 Å². The van der Waals surface area contributed by atoms with E-state index in [1.165, 1.54) is 37.3 Å². The van der Waals surface area contributed by atoms with E-state index in [0.29, 0.717) is 0 Å². The van der Waals surface area contributed by atoms with Crippen molar-refractivity contribution in [1.29, 1.82) is 0 Å². The van der Waals surface area contributed by atoms with Gasteiger partial charge in [0.15, 0.2) is 5.76 Å². The molecule has 0 fully saturated rings. The van der Waals surface area contributed by atoms with Crippen molar-refractivity contribution in [3.05, 3.63) is 53.4 Å². The van der Waals surface area contributed by atoms with Crippen LogP contribution >= 0.6 is 11.6 Å². The van der Waals surface area contributed by atoms with Crippen molar-refractivity contribution in [2.45, 2.75) is 18.8 Å². The number of hydrogen-bond donors (Lipinski definition) is 2. The molecule has 0 radical (unpaired) electrons. The second-order valence-electron chi connectivity index (χ2n) is 5.04. The van der Waals surface area contributed by atoms with E-state index in [4.69, 9.17) is 16.0 Å². The van der Waals surface area contributed by atoms with E-state index in [-0.39, 0.29) is 17.3 Å². The van der Waals surface area contributed by atoms with E-state index < -0.39 is 29.5 Å². The Hall–Kier alpha value is -2.68. The molecular formula is C16H14ClF3N2O4. The van der Waals surface area contributed by atoms with E-state index in [9.17, 15) is 22.8 Å². The van der Waals surface area contributed by atoms with Gasteiger partial charge in [0.2, 0.25) is 0 Å². The Bertz CT molecular complexity index is 780. The molecule has 1 heterocycles. The fraction of sp³-hybridized carbons (Fsp3) is 0.250. The number of ether oxygens (including phenoxy) is 1. The van der Waals surface area contributed by atoms with Crippen molar-refractivity contribution in [3.63, 3.8) is 0 Å². The molecule has 0 aliphatic carbocycles. The molecule has 0 aliphatic heterocycles. The average Bonchev–Trinajstić information content (AvgIpc) is 3.07. The maximum absolute atomic E-state index is 13.9. The number of rotatable bonds is 6. The number of carbonyl (C=O) groups excluding carboxylic acids is 2. The average molecular weight is 391 g/mol. The van der Waals surface area contributed by atoms with Crippen LogP contribution < -0.4 is 10.6 Å². The maximum Gasteiger partial charge on any atom is 0.441 e. The van der Waals surface area contributed by atoms with Crippen LogP contribution in [-0.2, 0) is 9.53 Å². The number of hydrogen-bond acceptors (Lipinski definition) is 5. The molecule has 1 aromatic heterocycles. The SMILES string of the molecule is CCOC(=O)[C@@](NC(=O)c1ccco1)(Nc1cccc(Cl)c1)C(F)(F)F. The van der Waals surface area contributed by atoms with E-state index in [0.717, 1.165) is 12.3 Å². The highest BCUT2D eigenvalue weighted by Gasteiger charge is 2.63. The molecule has 1 amide bonds. The number of anilines is 1. The highest BCUT2D eigenvalue weighted by molar-refractivity contribution is 6.30. The third kappa shape index (κ3) is 4.10. The zero-order valence-corrected chi connectivity index (χ0v) is 14.1. The molecule has 10 heteroatoms. The van der Waals surface area contributed by atoms with Crippen molar-refractivity contribution < 1.29 is 31.9 Å². The lowest BCUT2D eigenvalue weighted by Gasteiger charge is -2.35. The molecule has 0 aliphatic rings. The van der Waals surface area contributed by atoms with Crippen LogP contribution in [0.5, 0.6) is 0 Å². The molecule has 1 aromatic carbocycles. The third-order valence-corrected chi connectivity index (χ3v) is 3.44. The normalized spacial score (nSPS) is 13.6. The van der Waals surface area contributed by atoms with E-state index in [2.05, 4.69) is 4.74 Å². The molecule has 6 nitrogen and oxygen atoms in total. The van der Waals surface area contributed by atoms with Gasteiger partial charge in [-0.15, -0.1) is 0 Å². The van der Waals surface area contributed by atoms with Crippen LogP contribution in [0.3, 0.4) is 0 Å². The summed E-state index contributed by atoms with van der Waals surface area (Å²) in [4.78, 5) is 24.4. The minimum Gasteiger partial charge on any atom is -0.463 e. The highest BCUT2D eigenvalue weighted by atomic mass is 35.5. The summed E-state index contributed by atoms with van der Waals surface area (Å²) in [5.74, 6) is -3.39. The first-order valence-electron chi connectivity index (χ1n) is 7.33. The van der Waals surface area contributed by atoms with Gasteiger partial charge in [-0.1, -0.05) is 17.7 Å². The second-order valence-corrected chi connectivity index (χ2v) is 5.47. The number of amides is 1. The quantitative estimate of drug-likeness (QED) is 0.582. The lowest BCUT2D eigenvalue weighted by molar-refractivity contribution is -0.204. The molecule has 2 aromatic rings. The van der Waals surface area contributed by atoms with Crippen molar-refractivity contribution in [2.75, 3.05) is 11.9 Å². The smallest absolute Gasteiger partial charge is 0.441 e. The van der Waals surface area contributed by atoms with Crippen LogP contribution in [0.15, 0.2) is 47.1 Å². The minimum atomic E-state index is -5.25. The highest BCUT2D eigenvalue weighted by Crippen LogP contribution is 2.34. The van der Waals surface area contributed by atoms with Crippen molar-refractivity contribution >= 4 is 29.2 Å². The van der Waals surface area contributed by atoms with Gasteiger partial charge in [-0.05, 0) is 37.3 Å². The van der Waals surface area contributed by atoms with Gasteiger partial charge in [0.05, 0.1) is 12.9 Å².